The Morgan fingerprint density at radius 2 is 0.854 bits per heavy atom. The predicted molar refractivity (Wildman–Crippen MR) is 153 cm³/mol. The fourth-order valence-electron chi connectivity index (χ4n) is 4.86. The first-order valence-corrected chi connectivity index (χ1v) is 12.7. The van der Waals surface area contributed by atoms with Crippen LogP contribution < -0.4 is 14.5 Å². The van der Waals surface area contributed by atoms with Gasteiger partial charge < -0.3 is 4.74 Å². The molecule has 4 aromatic rings. The standard InChI is InChI=1S/C34H20N2O5/c1-3-5-21-7-17-27-29(19-21)33(39)35(31(27)37)23-9-13-25(14-10-23)41-26-15-11-24(12-16-26)36-32(38)28-18-8-22(6-4-2)20-30(28)34(36)40/h7-20H,1-2H3. The molecule has 196 valence electrons. The zero-order chi connectivity index (χ0) is 28.7. The third-order valence-corrected chi connectivity index (χ3v) is 6.74. The van der Waals surface area contributed by atoms with Crippen molar-refractivity contribution in [1.29, 1.82) is 0 Å². The Bertz CT molecular complexity index is 1780. The number of ether oxygens (including phenoxy) is 1. The van der Waals surface area contributed by atoms with E-state index >= 15 is 0 Å². The maximum atomic E-state index is 13.0. The van der Waals surface area contributed by atoms with E-state index in [0.717, 1.165) is 9.80 Å². The fraction of sp³-hybridized carbons (Fsp3) is 0.0588. The number of anilines is 2. The van der Waals surface area contributed by atoms with Crippen molar-refractivity contribution in [2.45, 2.75) is 13.8 Å². The van der Waals surface area contributed by atoms with E-state index < -0.39 is 23.6 Å². The maximum absolute atomic E-state index is 13.0. The van der Waals surface area contributed by atoms with Gasteiger partial charge in [0, 0.05) is 11.1 Å². The molecule has 0 saturated heterocycles. The van der Waals surface area contributed by atoms with Gasteiger partial charge in [-0.25, -0.2) is 9.80 Å². The molecule has 2 aliphatic rings. The number of rotatable bonds is 4. The average Bonchev–Trinajstić information content (AvgIpc) is 3.38. The highest BCUT2D eigenvalue weighted by atomic mass is 16.5. The highest BCUT2D eigenvalue weighted by Crippen LogP contribution is 2.33. The number of nitrogens with zero attached hydrogens (tertiary/aromatic N) is 2. The van der Waals surface area contributed by atoms with E-state index in [4.69, 9.17) is 4.74 Å². The third kappa shape index (κ3) is 4.32. The van der Waals surface area contributed by atoms with E-state index in [-0.39, 0.29) is 0 Å². The van der Waals surface area contributed by atoms with E-state index in [1.807, 2.05) is 0 Å². The molecular weight excluding hydrogens is 516 g/mol. The molecule has 0 bridgehead atoms. The van der Waals surface area contributed by atoms with Gasteiger partial charge in [0.05, 0.1) is 33.6 Å². The lowest BCUT2D eigenvalue weighted by atomic mass is 10.1. The van der Waals surface area contributed by atoms with Crippen molar-refractivity contribution in [2.75, 3.05) is 9.80 Å². The number of hydrogen-bond acceptors (Lipinski definition) is 5. The number of amides is 4. The number of benzene rings is 4. The Kier molecular flexibility index (Phi) is 6.18. The minimum Gasteiger partial charge on any atom is -0.457 e. The van der Waals surface area contributed by atoms with Crippen LogP contribution in [0.2, 0.25) is 0 Å². The van der Waals surface area contributed by atoms with Crippen molar-refractivity contribution in [2.24, 2.45) is 0 Å². The lowest BCUT2D eigenvalue weighted by molar-refractivity contribution is 0.0910. The number of carbonyl (C=O) groups is 4. The first kappa shape index (κ1) is 25.4. The van der Waals surface area contributed by atoms with Crippen molar-refractivity contribution >= 4 is 35.0 Å². The summed E-state index contributed by atoms with van der Waals surface area (Å²) in [6.07, 6.45) is 0. The molecule has 0 N–H and O–H groups in total. The largest absolute Gasteiger partial charge is 0.457 e. The normalized spacial score (nSPS) is 13.3. The molecule has 0 unspecified atom stereocenters. The zero-order valence-electron chi connectivity index (χ0n) is 22.0. The zero-order valence-corrected chi connectivity index (χ0v) is 22.0. The van der Waals surface area contributed by atoms with Gasteiger partial charge in [-0.15, -0.1) is 11.8 Å². The molecular formula is C34H20N2O5. The van der Waals surface area contributed by atoms with Gasteiger partial charge in [0.1, 0.15) is 11.5 Å². The molecule has 4 amide bonds. The summed E-state index contributed by atoms with van der Waals surface area (Å²) in [7, 11) is 0. The van der Waals surface area contributed by atoms with E-state index in [1.165, 1.54) is 0 Å². The molecule has 0 aliphatic carbocycles. The van der Waals surface area contributed by atoms with Gasteiger partial charge in [0.15, 0.2) is 0 Å². The Hall–Kier alpha value is -5.92. The van der Waals surface area contributed by atoms with E-state index in [2.05, 4.69) is 23.7 Å². The summed E-state index contributed by atoms with van der Waals surface area (Å²) in [5.41, 5.74) is 3.50. The summed E-state index contributed by atoms with van der Waals surface area (Å²) in [5.74, 6) is 10.7. The molecule has 0 fully saturated rings. The van der Waals surface area contributed by atoms with Crippen molar-refractivity contribution in [1.82, 2.24) is 0 Å². The predicted octanol–water partition coefficient (Wildman–Crippen LogP) is 5.82. The highest BCUT2D eigenvalue weighted by molar-refractivity contribution is 6.35. The van der Waals surface area contributed by atoms with Crippen LogP contribution in [0.25, 0.3) is 0 Å². The van der Waals surface area contributed by atoms with Gasteiger partial charge in [-0.3, -0.25) is 19.2 Å². The van der Waals surface area contributed by atoms with E-state index in [1.54, 1.807) is 98.8 Å². The molecule has 4 aromatic carbocycles. The lowest BCUT2D eigenvalue weighted by Crippen LogP contribution is -2.29. The number of carbonyl (C=O) groups excluding carboxylic acids is 4. The van der Waals surface area contributed by atoms with Crippen molar-refractivity contribution in [3.63, 3.8) is 0 Å². The second-order valence-corrected chi connectivity index (χ2v) is 9.25. The van der Waals surface area contributed by atoms with Gasteiger partial charge in [0.25, 0.3) is 23.6 Å². The van der Waals surface area contributed by atoms with Crippen LogP contribution in [-0.2, 0) is 0 Å². The molecule has 7 nitrogen and oxygen atoms in total. The van der Waals surface area contributed by atoms with Crippen molar-refractivity contribution in [3.8, 4) is 35.2 Å². The van der Waals surface area contributed by atoms with Crippen LogP contribution in [0.15, 0.2) is 84.9 Å². The summed E-state index contributed by atoms with van der Waals surface area (Å²) >= 11 is 0. The Morgan fingerprint density at radius 3 is 1.22 bits per heavy atom. The summed E-state index contributed by atoms with van der Waals surface area (Å²) < 4.78 is 5.92. The quantitative estimate of drug-likeness (QED) is 0.242. The van der Waals surface area contributed by atoms with Crippen LogP contribution in [0.1, 0.15) is 66.4 Å². The van der Waals surface area contributed by atoms with Crippen molar-refractivity contribution < 1.29 is 23.9 Å². The molecule has 0 aromatic heterocycles. The topological polar surface area (TPSA) is 84.0 Å². The van der Waals surface area contributed by atoms with E-state index in [9.17, 15) is 19.2 Å². The minimum atomic E-state index is -0.406. The molecule has 2 aliphatic heterocycles. The number of hydrogen-bond donors (Lipinski definition) is 0. The fourth-order valence-corrected chi connectivity index (χ4v) is 4.86. The second-order valence-electron chi connectivity index (χ2n) is 9.25. The smallest absolute Gasteiger partial charge is 0.266 e. The maximum Gasteiger partial charge on any atom is 0.266 e. The minimum absolute atomic E-state index is 0.323. The first-order valence-electron chi connectivity index (χ1n) is 12.7. The summed E-state index contributed by atoms with van der Waals surface area (Å²) in [6, 6.07) is 23.1. The second kappa shape index (κ2) is 10.00. The summed E-state index contributed by atoms with van der Waals surface area (Å²) in [5, 5.41) is 0. The SMILES string of the molecule is CC#Cc1ccc2c(c1)C(=O)N(c1ccc(Oc3ccc(N4C(=O)c5ccc(C#CC)cc5C4=O)cc3)cc1)C2=O. The van der Waals surface area contributed by atoms with Crippen LogP contribution in [0, 0.1) is 23.7 Å². The van der Waals surface area contributed by atoms with Gasteiger partial charge in [-0.05, 0) is 98.8 Å². The average molecular weight is 537 g/mol. The monoisotopic (exact) mass is 536 g/mol. The molecule has 0 radical (unpaired) electrons. The van der Waals surface area contributed by atoms with Gasteiger partial charge in [-0.1, -0.05) is 11.8 Å². The van der Waals surface area contributed by atoms with Crippen LogP contribution in [0.4, 0.5) is 11.4 Å². The number of imide groups is 2. The summed E-state index contributed by atoms with van der Waals surface area (Å²) in [4.78, 5) is 54.2. The van der Waals surface area contributed by atoms with Crippen molar-refractivity contribution in [3.05, 3.63) is 118 Å². The molecule has 6 rings (SSSR count). The van der Waals surface area contributed by atoms with Gasteiger partial charge >= 0.3 is 0 Å². The highest BCUT2D eigenvalue weighted by Gasteiger charge is 2.38. The lowest BCUT2D eigenvalue weighted by Gasteiger charge is -2.16. The Balaban J connectivity index is 1.17. The molecule has 0 saturated carbocycles. The Morgan fingerprint density at radius 1 is 0.488 bits per heavy atom. The van der Waals surface area contributed by atoms with E-state index in [0.29, 0.717) is 56.3 Å². The molecule has 0 atom stereocenters. The molecule has 41 heavy (non-hydrogen) atoms. The molecule has 0 spiro atoms. The van der Waals surface area contributed by atoms with Gasteiger partial charge in [0.2, 0.25) is 0 Å². The summed E-state index contributed by atoms with van der Waals surface area (Å²) in [6.45, 7) is 3.41. The number of fused-ring (bicyclic) bond motifs is 2. The first-order chi connectivity index (χ1) is 19.9. The molecule has 2 heterocycles. The van der Waals surface area contributed by atoms with Crippen LogP contribution in [0.5, 0.6) is 11.5 Å². The van der Waals surface area contributed by atoms with Crippen LogP contribution in [0.3, 0.4) is 0 Å². The Labute approximate surface area is 236 Å². The van der Waals surface area contributed by atoms with Crippen LogP contribution >= 0.6 is 0 Å². The van der Waals surface area contributed by atoms with Gasteiger partial charge in [-0.2, -0.15) is 0 Å². The van der Waals surface area contributed by atoms with Crippen LogP contribution in [-0.4, -0.2) is 23.6 Å². The molecule has 7 heteroatoms. The third-order valence-electron chi connectivity index (χ3n) is 6.74.